The van der Waals surface area contributed by atoms with Crippen LogP contribution in [0.1, 0.15) is 19.8 Å². The monoisotopic (exact) mass is 279 g/mol. The molecule has 0 spiro atoms. The van der Waals surface area contributed by atoms with Crippen molar-refractivity contribution in [2.24, 2.45) is 5.92 Å². The van der Waals surface area contributed by atoms with Gasteiger partial charge in [-0.15, -0.1) is 0 Å². The van der Waals surface area contributed by atoms with Crippen LogP contribution in [0.4, 0.5) is 11.5 Å². The molecule has 1 aromatic rings. The SMILES string of the molecule is CCOC(=O)[C@@H]1CCCN(c2ccc([N+](=O)[O-])cn2)C1. The molecule has 20 heavy (non-hydrogen) atoms. The first-order valence-electron chi connectivity index (χ1n) is 6.64. The van der Waals surface area contributed by atoms with Crippen molar-refractivity contribution >= 4 is 17.5 Å². The van der Waals surface area contributed by atoms with Crippen molar-refractivity contribution in [3.63, 3.8) is 0 Å². The Morgan fingerprint density at radius 2 is 2.40 bits per heavy atom. The molecule has 0 amide bonds. The van der Waals surface area contributed by atoms with Crippen molar-refractivity contribution < 1.29 is 14.5 Å². The van der Waals surface area contributed by atoms with Crippen LogP contribution in [-0.2, 0) is 9.53 Å². The van der Waals surface area contributed by atoms with E-state index in [0.717, 1.165) is 19.4 Å². The molecule has 1 aromatic heterocycles. The number of aromatic nitrogens is 1. The Bertz CT molecular complexity index is 489. The highest BCUT2D eigenvalue weighted by atomic mass is 16.6. The van der Waals surface area contributed by atoms with E-state index in [1.165, 1.54) is 12.3 Å². The zero-order chi connectivity index (χ0) is 14.5. The normalized spacial score (nSPS) is 18.6. The molecule has 0 bridgehead atoms. The average molecular weight is 279 g/mol. The van der Waals surface area contributed by atoms with Crippen molar-refractivity contribution in [3.05, 3.63) is 28.4 Å². The standard InChI is InChI=1S/C13H17N3O4/c1-2-20-13(17)10-4-3-7-15(9-10)12-6-5-11(8-14-12)16(18)19/h5-6,8,10H,2-4,7,9H2,1H3/t10-/m1/s1. The van der Waals surface area contributed by atoms with Gasteiger partial charge in [0.25, 0.3) is 5.69 Å². The number of pyridine rings is 1. The molecule has 1 saturated heterocycles. The molecular weight excluding hydrogens is 262 g/mol. The number of rotatable bonds is 4. The van der Waals surface area contributed by atoms with Crippen LogP contribution in [0.15, 0.2) is 18.3 Å². The van der Waals surface area contributed by atoms with E-state index in [1.807, 2.05) is 4.90 Å². The molecule has 0 aromatic carbocycles. The molecule has 1 aliphatic rings. The third-order valence-corrected chi connectivity index (χ3v) is 3.31. The summed E-state index contributed by atoms with van der Waals surface area (Å²) >= 11 is 0. The lowest BCUT2D eigenvalue weighted by Crippen LogP contribution is -2.39. The summed E-state index contributed by atoms with van der Waals surface area (Å²) in [6.45, 7) is 3.51. The maximum absolute atomic E-state index is 11.8. The van der Waals surface area contributed by atoms with Crippen LogP contribution < -0.4 is 4.90 Å². The number of piperidine rings is 1. The average Bonchev–Trinajstić information content (AvgIpc) is 2.48. The Balaban J connectivity index is 2.04. The highest BCUT2D eigenvalue weighted by Gasteiger charge is 2.27. The highest BCUT2D eigenvalue weighted by molar-refractivity contribution is 5.73. The minimum Gasteiger partial charge on any atom is -0.466 e. The third-order valence-electron chi connectivity index (χ3n) is 3.31. The van der Waals surface area contributed by atoms with Crippen LogP contribution in [0.3, 0.4) is 0 Å². The summed E-state index contributed by atoms with van der Waals surface area (Å²) in [6.07, 6.45) is 2.92. The van der Waals surface area contributed by atoms with Crippen molar-refractivity contribution in [1.82, 2.24) is 4.98 Å². The van der Waals surface area contributed by atoms with Gasteiger partial charge in [-0.1, -0.05) is 0 Å². The summed E-state index contributed by atoms with van der Waals surface area (Å²) in [5.74, 6) is 0.324. The fraction of sp³-hybridized carbons (Fsp3) is 0.538. The van der Waals surface area contributed by atoms with Gasteiger partial charge in [0.2, 0.25) is 0 Å². The van der Waals surface area contributed by atoms with Gasteiger partial charge in [0.1, 0.15) is 12.0 Å². The fourth-order valence-corrected chi connectivity index (χ4v) is 2.31. The van der Waals surface area contributed by atoms with Crippen LogP contribution in [0.25, 0.3) is 0 Å². The summed E-state index contributed by atoms with van der Waals surface area (Å²) in [7, 11) is 0. The molecule has 1 fully saturated rings. The number of carbonyl (C=O) groups is 1. The van der Waals surface area contributed by atoms with Crippen LogP contribution in [-0.4, -0.2) is 35.6 Å². The van der Waals surface area contributed by atoms with E-state index in [-0.39, 0.29) is 17.6 Å². The summed E-state index contributed by atoms with van der Waals surface area (Å²) in [4.78, 5) is 27.9. The Labute approximate surface area is 116 Å². The zero-order valence-corrected chi connectivity index (χ0v) is 11.3. The van der Waals surface area contributed by atoms with E-state index in [4.69, 9.17) is 4.74 Å². The van der Waals surface area contributed by atoms with Crippen molar-refractivity contribution in [2.45, 2.75) is 19.8 Å². The van der Waals surface area contributed by atoms with Crippen molar-refractivity contribution in [1.29, 1.82) is 0 Å². The molecule has 2 heterocycles. The lowest BCUT2D eigenvalue weighted by Gasteiger charge is -2.32. The highest BCUT2D eigenvalue weighted by Crippen LogP contribution is 2.23. The van der Waals surface area contributed by atoms with Crippen molar-refractivity contribution in [2.75, 3.05) is 24.6 Å². The number of esters is 1. The second-order valence-corrected chi connectivity index (χ2v) is 4.67. The molecule has 1 atom stereocenters. The molecule has 0 saturated carbocycles. The first-order valence-corrected chi connectivity index (χ1v) is 6.64. The summed E-state index contributed by atoms with van der Waals surface area (Å²) in [5.41, 5.74) is -0.0345. The number of ether oxygens (including phenoxy) is 1. The lowest BCUT2D eigenvalue weighted by atomic mass is 9.98. The number of carbonyl (C=O) groups excluding carboxylic acids is 1. The van der Waals surface area contributed by atoms with E-state index in [2.05, 4.69) is 4.98 Å². The Hall–Kier alpha value is -2.18. The molecule has 7 nitrogen and oxygen atoms in total. The molecule has 108 valence electrons. The van der Waals surface area contributed by atoms with Gasteiger partial charge in [0.05, 0.1) is 17.4 Å². The first-order chi connectivity index (χ1) is 9.61. The number of anilines is 1. The van der Waals surface area contributed by atoms with Crippen LogP contribution in [0.2, 0.25) is 0 Å². The van der Waals surface area contributed by atoms with Gasteiger partial charge in [-0.25, -0.2) is 4.98 Å². The summed E-state index contributed by atoms with van der Waals surface area (Å²) < 4.78 is 5.04. The predicted molar refractivity (Wildman–Crippen MR) is 72.5 cm³/mol. The Morgan fingerprint density at radius 3 is 3.00 bits per heavy atom. The lowest BCUT2D eigenvalue weighted by molar-refractivity contribution is -0.385. The number of hydrogen-bond acceptors (Lipinski definition) is 6. The number of nitrogens with zero attached hydrogens (tertiary/aromatic N) is 3. The van der Waals surface area contributed by atoms with E-state index in [1.54, 1.807) is 13.0 Å². The third kappa shape index (κ3) is 3.23. The predicted octanol–water partition coefficient (Wildman–Crippen LogP) is 1.77. The maximum atomic E-state index is 11.8. The molecule has 7 heteroatoms. The van der Waals surface area contributed by atoms with E-state index < -0.39 is 4.92 Å². The molecule has 0 unspecified atom stereocenters. The van der Waals surface area contributed by atoms with Gasteiger partial charge in [0.15, 0.2) is 0 Å². The van der Waals surface area contributed by atoms with Crippen LogP contribution in [0, 0.1) is 16.0 Å². The van der Waals surface area contributed by atoms with Crippen LogP contribution >= 0.6 is 0 Å². The minimum atomic E-state index is -0.478. The van der Waals surface area contributed by atoms with E-state index in [0.29, 0.717) is 19.0 Å². The van der Waals surface area contributed by atoms with E-state index in [9.17, 15) is 14.9 Å². The van der Waals surface area contributed by atoms with Gasteiger partial charge < -0.3 is 9.64 Å². The molecule has 0 aliphatic carbocycles. The number of hydrogen-bond donors (Lipinski definition) is 0. The fourth-order valence-electron chi connectivity index (χ4n) is 2.31. The van der Waals surface area contributed by atoms with Crippen molar-refractivity contribution in [3.8, 4) is 0 Å². The van der Waals surface area contributed by atoms with Gasteiger partial charge in [-0.05, 0) is 25.8 Å². The summed E-state index contributed by atoms with van der Waals surface area (Å²) in [5, 5.41) is 10.6. The van der Waals surface area contributed by atoms with E-state index >= 15 is 0 Å². The first kappa shape index (κ1) is 14.2. The van der Waals surface area contributed by atoms with Crippen LogP contribution in [0.5, 0.6) is 0 Å². The molecular formula is C13H17N3O4. The second kappa shape index (κ2) is 6.31. The Kier molecular flexibility index (Phi) is 4.49. The zero-order valence-electron chi connectivity index (χ0n) is 11.3. The molecule has 1 aliphatic heterocycles. The van der Waals surface area contributed by atoms with Gasteiger partial charge in [0, 0.05) is 19.2 Å². The molecule has 0 radical (unpaired) electrons. The smallest absolute Gasteiger partial charge is 0.310 e. The molecule has 0 N–H and O–H groups in total. The minimum absolute atomic E-state index is 0.0345. The quantitative estimate of drug-likeness (QED) is 0.474. The maximum Gasteiger partial charge on any atom is 0.310 e. The molecule has 2 rings (SSSR count). The van der Waals surface area contributed by atoms with Gasteiger partial charge in [-0.3, -0.25) is 14.9 Å². The second-order valence-electron chi connectivity index (χ2n) is 4.67. The van der Waals surface area contributed by atoms with Gasteiger partial charge in [-0.2, -0.15) is 0 Å². The topological polar surface area (TPSA) is 85.6 Å². The largest absolute Gasteiger partial charge is 0.466 e. The Morgan fingerprint density at radius 1 is 1.60 bits per heavy atom. The number of nitro groups is 1. The van der Waals surface area contributed by atoms with Gasteiger partial charge >= 0.3 is 5.97 Å². The summed E-state index contributed by atoms with van der Waals surface area (Å²) in [6, 6.07) is 3.04.